The van der Waals surface area contributed by atoms with Crippen LogP contribution in [0.1, 0.15) is 26.2 Å². The van der Waals surface area contributed by atoms with Crippen molar-refractivity contribution in [3.8, 4) is 0 Å². The average Bonchev–Trinajstić information content (AvgIpc) is 2.77. The van der Waals surface area contributed by atoms with E-state index in [4.69, 9.17) is 0 Å². The van der Waals surface area contributed by atoms with Crippen LogP contribution >= 0.6 is 26.3 Å². The molecule has 0 saturated heterocycles. The van der Waals surface area contributed by atoms with E-state index < -0.39 is 12.3 Å². The Labute approximate surface area is 197 Å². The van der Waals surface area contributed by atoms with Gasteiger partial charge in [-0.25, -0.2) is 0 Å². The Morgan fingerprint density at radius 2 is 1.27 bits per heavy atom. The second-order valence-corrected chi connectivity index (χ2v) is 24.1. The molecule has 0 heterocycles. The molecule has 3 rings (SSSR count). The molecule has 0 spiro atoms. The van der Waals surface area contributed by atoms with Crippen LogP contribution in [0.15, 0.2) is 96.8 Å². The van der Waals surface area contributed by atoms with Crippen LogP contribution in [-0.4, -0.2) is 8.07 Å². The summed E-state index contributed by atoms with van der Waals surface area (Å²) in [5, 5.41) is 5.99. The van der Waals surface area contributed by atoms with E-state index in [0.29, 0.717) is 0 Å². The molecule has 30 heavy (non-hydrogen) atoms. The van der Waals surface area contributed by atoms with E-state index in [0.717, 1.165) is 6.42 Å². The van der Waals surface area contributed by atoms with Crippen molar-refractivity contribution in [2.24, 2.45) is 0 Å². The van der Waals surface area contributed by atoms with Crippen LogP contribution in [0.4, 0.5) is 0 Å². The molecule has 3 aromatic rings. The molecule has 0 aromatic heterocycles. The number of allylic oxidation sites excluding steroid dienone is 1. The SMILES string of the molecule is CCCC/C=C/P(I)(c1ccccc1)(c1ccccc1)c1ccccc1[Si](C)(C)C. The Morgan fingerprint density at radius 1 is 0.767 bits per heavy atom. The van der Waals surface area contributed by atoms with E-state index in [9.17, 15) is 0 Å². The van der Waals surface area contributed by atoms with Crippen molar-refractivity contribution < 1.29 is 0 Å². The number of halogens is 1. The van der Waals surface area contributed by atoms with E-state index in [1.54, 1.807) is 5.19 Å². The van der Waals surface area contributed by atoms with Crippen molar-refractivity contribution >= 4 is 55.5 Å². The van der Waals surface area contributed by atoms with E-state index in [1.165, 1.54) is 28.8 Å². The third kappa shape index (κ3) is 4.37. The third-order valence-electron chi connectivity index (χ3n) is 5.81. The number of unbranched alkanes of at least 4 members (excludes halogenated alkanes) is 2. The number of hydrogen-bond donors (Lipinski definition) is 0. The predicted octanol–water partition coefficient (Wildman–Crippen LogP) is 7.12. The van der Waals surface area contributed by atoms with Gasteiger partial charge in [-0.15, -0.1) is 0 Å². The van der Waals surface area contributed by atoms with Gasteiger partial charge in [0.05, 0.1) is 0 Å². The van der Waals surface area contributed by atoms with Crippen LogP contribution in [0.3, 0.4) is 0 Å². The van der Waals surface area contributed by atoms with Crippen LogP contribution in [0.5, 0.6) is 0 Å². The van der Waals surface area contributed by atoms with E-state index in [1.807, 2.05) is 0 Å². The predicted molar refractivity (Wildman–Crippen MR) is 151 cm³/mol. The fourth-order valence-electron chi connectivity index (χ4n) is 4.20. The Bertz CT molecular complexity index is 951. The fraction of sp³-hybridized carbons (Fsp3) is 0.259. The topological polar surface area (TPSA) is 0 Å². The Morgan fingerprint density at radius 3 is 1.77 bits per heavy atom. The fourth-order valence-corrected chi connectivity index (χ4v) is 16.2. The molecule has 3 heteroatoms. The van der Waals surface area contributed by atoms with E-state index in [2.05, 4.69) is 145 Å². The molecule has 0 saturated carbocycles. The van der Waals surface area contributed by atoms with Gasteiger partial charge in [0.2, 0.25) is 0 Å². The first-order valence-corrected chi connectivity index (χ1v) is 19.5. The van der Waals surface area contributed by atoms with Gasteiger partial charge in [-0.2, -0.15) is 0 Å². The van der Waals surface area contributed by atoms with Crippen LogP contribution in [0.2, 0.25) is 19.6 Å². The average molecular weight is 545 g/mol. The zero-order valence-electron chi connectivity index (χ0n) is 18.7. The number of hydrogen-bond acceptors (Lipinski definition) is 0. The van der Waals surface area contributed by atoms with Crippen LogP contribution in [-0.2, 0) is 0 Å². The first kappa shape index (κ1) is 23.4. The van der Waals surface area contributed by atoms with Gasteiger partial charge in [0.15, 0.2) is 0 Å². The van der Waals surface area contributed by atoms with Gasteiger partial charge in [0.25, 0.3) is 0 Å². The Kier molecular flexibility index (Phi) is 7.43. The molecule has 0 radical (unpaired) electrons. The van der Waals surface area contributed by atoms with Gasteiger partial charge in [0, 0.05) is 0 Å². The normalized spacial score (nSPS) is 13.8. The van der Waals surface area contributed by atoms with E-state index in [-0.39, 0.29) is 0 Å². The van der Waals surface area contributed by atoms with Gasteiger partial charge >= 0.3 is 198 Å². The van der Waals surface area contributed by atoms with Crippen LogP contribution in [0, 0.1) is 0 Å². The zero-order valence-corrected chi connectivity index (χ0v) is 22.7. The summed E-state index contributed by atoms with van der Waals surface area (Å²) in [6.07, 6.45) is 6.06. The molecule has 0 amide bonds. The summed E-state index contributed by atoms with van der Waals surface area (Å²) < 4.78 is -2.82. The summed E-state index contributed by atoms with van der Waals surface area (Å²) in [5.41, 5.74) is 0. The molecule has 0 N–H and O–H groups in total. The summed E-state index contributed by atoms with van der Waals surface area (Å²) in [5.74, 6) is 2.62. The minimum atomic E-state index is -2.82. The monoisotopic (exact) mass is 544 g/mol. The van der Waals surface area contributed by atoms with Crippen molar-refractivity contribution in [3.05, 3.63) is 96.8 Å². The molecule has 0 bridgehead atoms. The summed E-state index contributed by atoms with van der Waals surface area (Å²) in [6, 6.07) is 31.8. The zero-order chi connectivity index (χ0) is 21.7. The van der Waals surface area contributed by atoms with Crippen molar-refractivity contribution in [1.82, 2.24) is 0 Å². The van der Waals surface area contributed by atoms with Gasteiger partial charge in [0.1, 0.15) is 0 Å². The molecule has 0 nitrogen and oxygen atoms in total. The summed E-state index contributed by atoms with van der Waals surface area (Å²) in [6.45, 7) is 9.69. The molecule has 0 atom stereocenters. The van der Waals surface area contributed by atoms with Crippen LogP contribution < -0.4 is 21.1 Å². The third-order valence-corrected chi connectivity index (χ3v) is 18.7. The van der Waals surface area contributed by atoms with Crippen molar-refractivity contribution in [3.63, 3.8) is 0 Å². The minimum absolute atomic E-state index is 1.13. The van der Waals surface area contributed by atoms with Crippen molar-refractivity contribution in [2.75, 3.05) is 0 Å². The number of benzene rings is 3. The van der Waals surface area contributed by atoms with Gasteiger partial charge in [-0.1, -0.05) is 0 Å². The van der Waals surface area contributed by atoms with Crippen molar-refractivity contribution in [2.45, 2.75) is 45.8 Å². The number of rotatable bonds is 8. The molecule has 0 aliphatic heterocycles. The summed E-state index contributed by atoms with van der Waals surface area (Å²) >= 11 is 2.89. The second kappa shape index (κ2) is 9.50. The maximum absolute atomic E-state index is 2.89. The van der Waals surface area contributed by atoms with E-state index >= 15 is 0 Å². The molecule has 158 valence electrons. The summed E-state index contributed by atoms with van der Waals surface area (Å²) in [7, 11) is -1.56. The molecular weight excluding hydrogens is 510 g/mol. The van der Waals surface area contributed by atoms with Gasteiger partial charge in [-0.05, 0) is 0 Å². The molecule has 0 aliphatic carbocycles. The van der Waals surface area contributed by atoms with Crippen molar-refractivity contribution in [1.29, 1.82) is 0 Å². The van der Waals surface area contributed by atoms with Gasteiger partial charge in [-0.3, -0.25) is 0 Å². The molecule has 0 fully saturated rings. The maximum atomic E-state index is 2.89. The van der Waals surface area contributed by atoms with Crippen LogP contribution in [0.25, 0.3) is 0 Å². The molecule has 0 unspecified atom stereocenters. The Balaban J connectivity index is 2.47. The molecular formula is C27H34IPSi. The molecule has 0 aliphatic rings. The second-order valence-electron chi connectivity index (χ2n) is 9.04. The first-order chi connectivity index (χ1) is 14.3. The summed E-state index contributed by atoms with van der Waals surface area (Å²) in [4.78, 5) is 0. The Hall–Kier alpha value is -1.22. The quantitative estimate of drug-likeness (QED) is 0.123. The first-order valence-electron chi connectivity index (χ1n) is 10.9. The molecule has 3 aromatic carbocycles. The standard InChI is InChI=1S/C27H34IPSi/c1-5-6-7-16-23-29(28,24-17-10-8-11-18-24,25-19-12-9-13-20-25)26-21-14-15-22-27(26)30(2,3)4/h8-23H,5-7H2,1-4H3/b23-16+. The van der Waals surface area contributed by atoms with Gasteiger partial charge < -0.3 is 0 Å².